The third-order valence-corrected chi connectivity index (χ3v) is 4.37. The maximum atomic E-state index is 11.3. The minimum absolute atomic E-state index is 0.532. The van der Waals surface area contributed by atoms with E-state index in [-0.39, 0.29) is 0 Å². The Labute approximate surface area is 89.4 Å². The molecular formula is C10H19NO2S. The first-order chi connectivity index (χ1) is 6.71. The van der Waals surface area contributed by atoms with Gasteiger partial charge in [0, 0.05) is 12.3 Å². The minimum atomic E-state index is -0.641. The predicted octanol–water partition coefficient (Wildman–Crippen LogP) is 1.86. The smallest absolute Gasteiger partial charge is 0.319 e. The summed E-state index contributed by atoms with van der Waals surface area (Å²) in [6.45, 7) is 0.569. The number of hydrogen-bond acceptors (Lipinski definition) is 3. The third-order valence-electron chi connectivity index (χ3n) is 2.80. The Kier molecular flexibility index (Phi) is 4.75. The monoisotopic (exact) mass is 217 g/mol. The molecule has 0 atom stereocenters. The lowest BCUT2D eigenvalue weighted by atomic mass is 9.99. The molecule has 82 valence electrons. The molecule has 0 aromatic rings. The fraction of sp³-hybridized carbons (Fsp3) is 0.900. The average Bonchev–Trinajstić information content (AvgIpc) is 2.41. The van der Waals surface area contributed by atoms with Gasteiger partial charge in [0.2, 0.25) is 0 Å². The molecule has 1 aliphatic carbocycles. The van der Waals surface area contributed by atoms with Crippen LogP contribution in [0.3, 0.4) is 0 Å². The van der Waals surface area contributed by atoms with E-state index in [9.17, 15) is 9.90 Å². The fourth-order valence-corrected chi connectivity index (χ4v) is 3.18. The van der Waals surface area contributed by atoms with E-state index >= 15 is 0 Å². The van der Waals surface area contributed by atoms with Gasteiger partial charge in [-0.05, 0) is 12.8 Å². The molecule has 1 fully saturated rings. The summed E-state index contributed by atoms with van der Waals surface area (Å²) >= 11 is 1.54. The van der Waals surface area contributed by atoms with Crippen LogP contribution in [0, 0.1) is 0 Å². The van der Waals surface area contributed by atoms with Crippen LogP contribution in [-0.2, 0) is 4.79 Å². The summed E-state index contributed by atoms with van der Waals surface area (Å²) in [4.78, 5) is 11.3. The van der Waals surface area contributed by atoms with Gasteiger partial charge in [-0.15, -0.1) is 11.8 Å². The van der Waals surface area contributed by atoms with Crippen LogP contribution >= 0.6 is 11.8 Å². The quantitative estimate of drug-likeness (QED) is 0.705. The van der Waals surface area contributed by atoms with Crippen LogP contribution in [0.25, 0.3) is 0 Å². The maximum Gasteiger partial charge on any atom is 0.319 e. The van der Waals surface area contributed by atoms with Crippen LogP contribution in [0.1, 0.15) is 38.5 Å². The topological polar surface area (TPSA) is 63.3 Å². The number of thioether (sulfide) groups is 1. The summed E-state index contributed by atoms with van der Waals surface area (Å²) in [5, 5.41) is 9.28. The van der Waals surface area contributed by atoms with Crippen LogP contribution in [0.4, 0.5) is 0 Å². The molecule has 4 heteroatoms. The van der Waals surface area contributed by atoms with E-state index in [1.807, 2.05) is 0 Å². The molecule has 1 rings (SSSR count). The second-order valence-electron chi connectivity index (χ2n) is 3.85. The molecule has 0 heterocycles. The van der Waals surface area contributed by atoms with Crippen LogP contribution < -0.4 is 5.73 Å². The second kappa shape index (κ2) is 5.61. The Balaban J connectivity index is 2.62. The van der Waals surface area contributed by atoms with Gasteiger partial charge < -0.3 is 10.8 Å². The summed E-state index contributed by atoms with van der Waals surface area (Å²) in [5.74, 6) is 0.115. The molecule has 0 aliphatic heterocycles. The largest absolute Gasteiger partial charge is 0.480 e. The summed E-state index contributed by atoms with van der Waals surface area (Å²) in [6.07, 6.45) is 6.07. The van der Waals surface area contributed by atoms with Crippen LogP contribution in [-0.4, -0.2) is 28.1 Å². The average molecular weight is 217 g/mol. The van der Waals surface area contributed by atoms with Crippen molar-refractivity contribution in [3.63, 3.8) is 0 Å². The molecule has 0 aromatic carbocycles. The fourth-order valence-electron chi connectivity index (χ4n) is 1.97. The Morgan fingerprint density at radius 2 is 1.86 bits per heavy atom. The van der Waals surface area contributed by atoms with E-state index in [0.29, 0.717) is 6.54 Å². The lowest BCUT2D eigenvalue weighted by Gasteiger charge is -2.27. The lowest BCUT2D eigenvalue weighted by molar-refractivity contribution is -0.140. The van der Waals surface area contributed by atoms with Gasteiger partial charge in [-0.1, -0.05) is 25.7 Å². The van der Waals surface area contributed by atoms with E-state index in [4.69, 9.17) is 5.73 Å². The van der Waals surface area contributed by atoms with Crippen molar-refractivity contribution in [2.75, 3.05) is 12.3 Å². The van der Waals surface area contributed by atoms with E-state index < -0.39 is 10.7 Å². The first-order valence-electron chi connectivity index (χ1n) is 5.29. The number of aliphatic carboxylic acids is 1. The van der Waals surface area contributed by atoms with Crippen molar-refractivity contribution in [1.29, 1.82) is 0 Å². The van der Waals surface area contributed by atoms with Crippen molar-refractivity contribution in [3.8, 4) is 0 Å². The van der Waals surface area contributed by atoms with Gasteiger partial charge in [0.1, 0.15) is 4.75 Å². The molecule has 3 N–H and O–H groups in total. The van der Waals surface area contributed by atoms with Crippen molar-refractivity contribution in [3.05, 3.63) is 0 Å². The SMILES string of the molecule is NCCSC1(C(=O)O)CCCCCC1. The first kappa shape index (κ1) is 11.9. The molecule has 3 nitrogen and oxygen atoms in total. The first-order valence-corrected chi connectivity index (χ1v) is 6.27. The second-order valence-corrected chi connectivity index (χ2v) is 5.33. The normalized spacial score (nSPS) is 21.5. The zero-order chi connectivity index (χ0) is 10.4. The van der Waals surface area contributed by atoms with Crippen molar-refractivity contribution in [1.82, 2.24) is 0 Å². The maximum absolute atomic E-state index is 11.3. The third kappa shape index (κ3) is 2.89. The van der Waals surface area contributed by atoms with Crippen molar-refractivity contribution in [2.24, 2.45) is 5.73 Å². The zero-order valence-electron chi connectivity index (χ0n) is 8.50. The number of hydrogen-bond donors (Lipinski definition) is 2. The van der Waals surface area contributed by atoms with Crippen molar-refractivity contribution < 1.29 is 9.90 Å². The molecule has 0 bridgehead atoms. The molecule has 0 aromatic heterocycles. The van der Waals surface area contributed by atoms with Gasteiger partial charge in [0.15, 0.2) is 0 Å². The standard InChI is InChI=1S/C10H19NO2S/c11-7-8-14-10(9(12)13)5-3-1-2-4-6-10/h1-8,11H2,(H,12,13). The predicted molar refractivity (Wildman–Crippen MR) is 59.6 cm³/mol. The molecule has 0 saturated heterocycles. The van der Waals surface area contributed by atoms with Gasteiger partial charge in [-0.3, -0.25) is 4.79 Å². The van der Waals surface area contributed by atoms with Gasteiger partial charge >= 0.3 is 5.97 Å². The molecule has 0 radical (unpaired) electrons. The van der Waals surface area contributed by atoms with E-state index in [1.165, 1.54) is 12.8 Å². The molecular weight excluding hydrogens is 198 g/mol. The zero-order valence-corrected chi connectivity index (χ0v) is 9.31. The molecule has 1 saturated carbocycles. The van der Waals surface area contributed by atoms with Gasteiger partial charge in [-0.2, -0.15) is 0 Å². The highest BCUT2D eigenvalue weighted by atomic mass is 32.2. The summed E-state index contributed by atoms with van der Waals surface area (Å²) in [5.41, 5.74) is 5.43. The minimum Gasteiger partial charge on any atom is -0.480 e. The van der Waals surface area contributed by atoms with E-state index in [0.717, 1.165) is 31.4 Å². The van der Waals surface area contributed by atoms with Crippen LogP contribution in [0.5, 0.6) is 0 Å². The number of nitrogens with two attached hydrogens (primary N) is 1. The Morgan fingerprint density at radius 3 is 2.29 bits per heavy atom. The molecule has 0 spiro atoms. The van der Waals surface area contributed by atoms with Gasteiger partial charge in [-0.25, -0.2) is 0 Å². The Hall–Kier alpha value is -0.220. The summed E-state index contributed by atoms with van der Waals surface area (Å²) in [6, 6.07) is 0. The lowest BCUT2D eigenvalue weighted by Crippen LogP contribution is -2.35. The number of rotatable bonds is 4. The highest BCUT2D eigenvalue weighted by molar-refractivity contribution is 8.01. The summed E-state index contributed by atoms with van der Waals surface area (Å²) in [7, 11) is 0. The van der Waals surface area contributed by atoms with E-state index in [2.05, 4.69) is 0 Å². The van der Waals surface area contributed by atoms with Crippen LogP contribution in [0.15, 0.2) is 0 Å². The van der Waals surface area contributed by atoms with E-state index in [1.54, 1.807) is 11.8 Å². The highest BCUT2D eigenvalue weighted by Gasteiger charge is 2.38. The highest BCUT2D eigenvalue weighted by Crippen LogP contribution is 2.38. The molecule has 0 unspecified atom stereocenters. The van der Waals surface area contributed by atoms with Gasteiger partial charge in [0.25, 0.3) is 0 Å². The number of carboxylic acids is 1. The number of carbonyl (C=O) groups is 1. The summed E-state index contributed by atoms with van der Waals surface area (Å²) < 4.78 is -0.532. The molecule has 1 aliphatic rings. The van der Waals surface area contributed by atoms with Crippen molar-refractivity contribution in [2.45, 2.75) is 43.3 Å². The number of carboxylic acid groups (broad SMARTS) is 1. The van der Waals surface area contributed by atoms with Gasteiger partial charge in [0.05, 0.1) is 0 Å². The molecule has 0 amide bonds. The van der Waals surface area contributed by atoms with Crippen LogP contribution in [0.2, 0.25) is 0 Å². The Morgan fingerprint density at radius 1 is 1.29 bits per heavy atom. The Bertz CT molecular complexity index is 189. The van der Waals surface area contributed by atoms with Crippen molar-refractivity contribution >= 4 is 17.7 Å². The molecule has 14 heavy (non-hydrogen) atoms.